The zero-order valence-electron chi connectivity index (χ0n) is 8.37. The zero-order valence-corrected chi connectivity index (χ0v) is 9.12. The van der Waals surface area contributed by atoms with Crippen molar-refractivity contribution in [3.05, 3.63) is 12.2 Å². The molecule has 1 heterocycles. The van der Waals surface area contributed by atoms with Crippen molar-refractivity contribution in [2.45, 2.75) is 45.0 Å². The maximum Gasteiger partial charge on any atom is 0.138 e. The van der Waals surface area contributed by atoms with Crippen LogP contribution in [0.2, 0.25) is 0 Å². The molecule has 0 aliphatic carbocycles. The van der Waals surface area contributed by atoms with Crippen LogP contribution in [-0.4, -0.2) is 20.1 Å². The molecule has 0 aliphatic rings. The summed E-state index contributed by atoms with van der Waals surface area (Å²) < 4.78 is 1.94. The molecule has 0 amide bonds. The van der Waals surface area contributed by atoms with Crippen LogP contribution in [-0.2, 0) is 6.42 Å². The molecule has 0 fully saturated rings. The average Bonchev–Trinajstić information content (AvgIpc) is 2.47. The van der Waals surface area contributed by atoms with Gasteiger partial charge in [0.2, 0.25) is 0 Å². The van der Waals surface area contributed by atoms with Gasteiger partial charge in [-0.2, -0.15) is 5.10 Å². The van der Waals surface area contributed by atoms with Gasteiger partial charge >= 0.3 is 0 Å². The summed E-state index contributed by atoms with van der Waals surface area (Å²) in [5.41, 5.74) is 0. The van der Waals surface area contributed by atoms with E-state index in [4.69, 9.17) is 11.6 Å². The SMILES string of the molecule is CC(Cl)CCc1ncnn1C(C)C. The molecule has 13 heavy (non-hydrogen) atoms. The minimum absolute atomic E-state index is 0.206. The van der Waals surface area contributed by atoms with Crippen LogP contribution in [0.25, 0.3) is 0 Å². The van der Waals surface area contributed by atoms with E-state index in [1.807, 2.05) is 11.6 Å². The first kappa shape index (κ1) is 10.5. The van der Waals surface area contributed by atoms with Gasteiger partial charge in [-0.15, -0.1) is 11.6 Å². The Morgan fingerprint density at radius 3 is 2.69 bits per heavy atom. The van der Waals surface area contributed by atoms with E-state index in [1.54, 1.807) is 6.33 Å². The van der Waals surface area contributed by atoms with Crippen LogP contribution < -0.4 is 0 Å². The lowest BCUT2D eigenvalue weighted by atomic mass is 10.2. The first-order valence-electron chi connectivity index (χ1n) is 4.63. The Morgan fingerprint density at radius 1 is 1.46 bits per heavy atom. The summed E-state index contributed by atoms with van der Waals surface area (Å²) in [6.45, 7) is 6.20. The summed E-state index contributed by atoms with van der Waals surface area (Å²) in [4.78, 5) is 4.20. The van der Waals surface area contributed by atoms with Crippen molar-refractivity contribution >= 4 is 11.6 Å². The van der Waals surface area contributed by atoms with Crippen LogP contribution in [0.15, 0.2) is 6.33 Å². The first-order chi connectivity index (χ1) is 6.11. The largest absolute Gasteiger partial charge is 0.248 e. The van der Waals surface area contributed by atoms with Crippen LogP contribution in [0, 0.1) is 0 Å². The van der Waals surface area contributed by atoms with E-state index in [0.717, 1.165) is 18.7 Å². The summed E-state index contributed by atoms with van der Waals surface area (Å²) >= 11 is 5.87. The van der Waals surface area contributed by atoms with E-state index < -0.39 is 0 Å². The molecule has 1 aromatic heterocycles. The lowest BCUT2D eigenvalue weighted by Crippen LogP contribution is -2.09. The number of hydrogen-bond donors (Lipinski definition) is 0. The monoisotopic (exact) mass is 201 g/mol. The van der Waals surface area contributed by atoms with Gasteiger partial charge in [-0.25, -0.2) is 9.67 Å². The van der Waals surface area contributed by atoms with Gasteiger partial charge < -0.3 is 0 Å². The summed E-state index contributed by atoms with van der Waals surface area (Å²) in [5.74, 6) is 1.03. The standard InChI is InChI=1S/C9H16ClN3/c1-7(2)13-9(11-6-12-13)5-4-8(3)10/h6-8H,4-5H2,1-3H3. The van der Waals surface area contributed by atoms with E-state index in [0.29, 0.717) is 6.04 Å². The lowest BCUT2D eigenvalue weighted by Gasteiger charge is -2.09. The normalized spacial score (nSPS) is 13.6. The van der Waals surface area contributed by atoms with Gasteiger partial charge in [-0.05, 0) is 27.2 Å². The molecule has 0 saturated carbocycles. The Balaban J connectivity index is 2.60. The van der Waals surface area contributed by atoms with Crippen molar-refractivity contribution in [1.29, 1.82) is 0 Å². The fraction of sp³-hybridized carbons (Fsp3) is 0.778. The van der Waals surface area contributed by atoms with Gasteiger partial charge in [0, 0.05) is 17.8 Å². The number of aryl methyl sites for hydroxylation is 1. The minimum Gasteiger partial charge on any atom is -0.248 e. The fourth-order valence-electron chi connectivity index (χ4n) is 1.21. The Kier molecular flexibility index (Phi) is 3.72. The third-order valence-electron chi connectivity index (χ3n) is 1.90. The summed E-state index contributed by atoms with van der Waals surface area (Å²) in [5, 5.41) is 4.36. The van der Waals surface area contributed by atoms with Gasteiger partial charge in [0.25, 0.3) is 0 Å². The third kappa shape index (κ3) is 2.99. The highest BCUT2D eigenvalue weighted by Crippen LogP contribution is 2.10. The highest BCUT2D eigenvalue weighted by molar-refractivity contribution is 6.20. The number of aromatic nitrogens is 3. The Bertz CT molecular complexity index is 255. The Hall–Kier alpha value is -0.570. The topological polar surface area (TPSA) is 30.7 Å². The van der Waals surface area contributed by atoms with Gasteiger partial charge in [0.05, 0.1) is 0 Å². The highest BCUT2D eigenvalue weighted by atomic mass is 35.5. The maximum absolute atomic E-state index is 5.87. The van der Waals surface area contributed by atoms with E-state index in [2.05, 4.69) is 23.9 Å². The van der Waals surface area contributed by atoms with Crippen LogP contribution in [0.1, 0.15) is 39.1 Å². The van der Waals surface area contributed by atoms with Crippen molar-refractivity contribution in [2.75, 3.05) is 0 Å². The molecular formula is C9H16ClN3. The van der Waals surface area contributed by atoms with Crippen molar-refractivity contribution in [3.63, 3.8) is 0 Å². The molecule has 1 rings (SSSR count). The second-order valence-corrected chi connectivity index (χ2v) is 4.28. The number of halogens is 1. The van der Waals surface area contributed by atoms with E-state index in [-0.39, 0.29) is 5.38 Å². The quantitative estimate of drug-likeness (QED) is 0.701. The van der Waals surface area contributed by atoms with Gasteiger partial charge in [-0.3, -0.25) is 0 Å². The molecule has 1 atom stereocenters. The molecule has 3 nitrogen and oxygen atoms in total. The number of nitrogens with zero attached hydrogens (tertiary/aromatic N) is 3. The maximum atomic E-state index is 5.87. The molecule has 0 bridgehead atoms. The van der Waals surface area contributed by atoms with Gasteiger partial charge in [0.1, 0.15) is 12.2 Å². The molecule has 0 N–H and O–H groups in total. The van der Waals surface area contributed by atoms with Crippen LogP contribution in [0.5, 0.6) is 0 Å². The number of rotatable bonds is 4. The zero-order chi connectivity index (χ0) is 9.84. The van der Waals surface area contributed by atoms with E-state index in [9.17, 15) is 0 Å². The Labute approximate surface area is 84.1 Å². The highest BCUT2D eigenvalue weighted by Gasteiger charge is 2.08. The molecule has 74 valence electrons. The summed E-state index contributed by atoms with van der Waals surface area (Å²) in [7, 11) is 0. The predicted octanol–water partition coefficient (Wildman–Crippen LogP) is 2.42. The molecule has 4 heteroatoms. The molecule has 0 radical (unpaired) electrons. The summed E-state index contributed by atoms with van der Waals surface area (Å²) in [6.07, 6.45) is 3.46. The molecule has 1 aromatic rings. The van der Waals surface area contributed by atoms with Crippen LogP contribution >= 0.6 is 11.6 Å². The third-order valence-corrected chi connectivity index (χ3v) is 2.12. The number of hydrogen-bond acceptors (Lipinski definition) is 2. The second kappa shape index (κ2) is 4.61. The smallest absolute Gasteiger partial charge is 0.138 e. The molecule has 0 aliphatic heterocycles. The van der Waals surface area contributed by atoms with Gasteiger partial charge in [-0.1, -0.05) is 0 Å². The van der Waals surface area contributed by atoms with E-state index >= 15 is 0 Å². The van der Waals surface area contributed by atoms with Crippen molar-refractivity contribution in [3.8, 4) is 0 Å². The molecular weight excluding hydrogens is 186 g/mol. The fourth-order valence-corrected chi connectivity index (χ4v) is 1.32. The molecule has 0 aromatic carbocycles. The van der Waals surface area contributed by atoms with Crippen LogP contribution in [0.3, 0.4) is 0 Å². The Morgan fingerprint density at radius 2 is 2.15 bits per heavy atom. The molecule has 0 spiro atoms. The van der Waals surface area contributed by atoms with Crippen molar-refractivity contribution in [1.82, 2.24) is 14.8 Å². The minimum atomic E-state index is 0.206. The lowest BCUT2D eigenvalue weighted by molar-refractivity contribution is 0.500. The van der Waals surface area contributed by atoms with Gasteiger partial charge in [0.15, 0.2) is 0 Å². The summed E-state index contributed by atoms with van der Waals surface area (Å²) in [6, 6.07) is 0.378. The first-order valence-corrected chi connectivity index (χ1v) is 5.07. The molecule has 1 unspecified atom stereocenters. The van der Waals surface area contributed by atoms with Crippen molar-refractivity contribution < 1.29 is 0 Å². The van der Waals surface area contributed by atoms with Crippen LogP contribution in [0.4, 0.5) is 0 Å². The van der Waals surface area contributed by atoms with Crippen molar-refractivity contribution in [2.24, 2.45) is 0 Å². The van der Waals surface area contributed by atoms with E-state index in [1.165, 1.54) is 0 Å². The second-order valence-electron chi connectivity index (χ2n) is 3.53. The average molecular weight is 202 g/mol. The number of alkyl halides is 1. The molecule has 0 saturated heterocycles. The predicted molar refractivity (Wildman–Crippen MR) is 54.0 cm³/mol.